The summed E-state index contributed by atoms with van der Waals surface area (Å²) in [5, 5.41) is 0. The molecule has 2 saturated carbocycles. The fourth-order valence-corrected chi connectivity index (χ4v) is 6.62. The summed E-state index contributed by atoms with van der Waals surface area (Å²) in [7, 11) is 0. The van der Waals surface area contributed by atoms with Gasteiger partial charge in [0.05, 0.1) is 4.87 Å². The molecule has 0 bridgehead atoms. The second-order valence-corrected chi connectivity index (χ2v) is 9.39. The van der Waals surface area contributed by atoms with Gasteiger partial charge in [0.25, 0.3) is 0 Å². The van der Waals surface area contributed by atoms with Crippen molar-refractivity contribution in [1.29, 1.82) is 0 Å². The van der Waals surface area contributed by atoms with Crippen molar-refractivity contribution >= 4 is 23.6 Å². The maximum absolute atomic E-state index is 13.5. The first-order chi connectivity index (χ1) is 11.1. The summed E-state index contributed by atoms with van der Waals surface area (Å²) in [4.78, 5) is 29.9. The molecule has 5 heteroatoms. The van der Waals surface area contributed by atoms with Crippen LogP contribution < -0.4 is 0 Å². The summed E-state index contributed by atoms with van der Waals surface area (Å²) in [6.45, 7) is 2.14. The van der Waals surface area contributed by atoms with Crippen LogP contribution in [0.2, 0.25) is 0 Å². The third kappa shape index (κ3) is 2.59. The smallest absolute Gasteiger partial charge is 0.246 e. The van der Waals surface area contributed by atoms with E-state index in [-0.39, 0.29) is 22.7 Å². The van der Waals surface area contributed by atoms with E-state index in [4.69, 9.17) is 0 Å². The van der Waals surface area contributed by atoms with E-state index in [1.54, 1.807) is 0 Å². The largest absolute Gasteiger partial charge is 0.335 e. The van der Waals surface area contributed by atoms with Crippen LogP contribution in [0, 0.1) is 0 Å². The van der Waals surface area contributed by atoms with Crippen molar-refractivity contribution in [2.45, 2.75) is 94.1 Å². The first-order valence-electron chi connectivity index (χ1n) is 9.38. The molecule has 23 heavy (non-hydrogen) atoms. The quantitative estimate of drug-likeness (QED) is 0.795. The van der Waals surface area contributed by atoms with E-state index < -0.39 is 0 Å². The van der Waals surface area contributed by atoms with Gasteiger partial charge in [-0.05, 0) is 39.0 Å². The van der Waals surface area contributed by atoms with Crippen LogP contribution in [-0.2, 0) is 9.59 Å². The predicted molar refractivity (Wildman–Crippen MR) is 92.1 cm³/mol. The number of thioether (sulfide) groups is 1. The summed E-state index contributed by atoms with van der Waals surface area (Å²) in [5.41, 5.74) is 0. The molecule has 2 aliphatic carbocycles. The molecule has 0 aromatic heterocycles. The Hall–Kier alpha value is -0.710. The molecule has 4 nitrogen and oxygen atoms in total. The number of hydrogen-bond acceptors (Lipinski definition) is 3. The van der Waals surface area contributed by atoms with Gasteiger partial charge in [-0.2, -0.15) is 0 Å². The van der Waals surface area contributed by atoms with Crippen LogP contribution in [-0.4, -0.2) is 50.4 Å². The highest BCUT2D eigenvalue weighted by molar-refractivity contribution is 8.01. The molecule has 2 atom stereocenters. The first-order valence-corrected chi connectivity index (χ1v) is 10.4. The standard InChI is InChI=1S/C18H28N2O2S/c1-18-11-10-16(21)20(18)15(12-23-18)17(22)19(13-6-2-3-7-13)14-8-4-5-9-14/h13-15H,2-12H2,1H3. The Balaban J connectivity index is 1.58. The topological polar surface area (TPSA) is 40.6 Å². The number of carbonyl (C=O) groups excluding carboxylic acids is 2. The molecule has 2 unspecified atom stereocenters. The molecule has 2 amide bonds. The molecular formula is C18H28N2O2S. The number of rotatable bonds is 3. The van der Waals surface area contributed by atoms with Crippen molar-refractivity contribution in [3.8, 4) is 0 Å². The Bertz CT molecular complexity index is 483. The van der Waals surface area contributed by atoms with E-state index in [0.29, 0.717) is 18.5 Å². The summed E-state index contributed by atoms with van der Waals surface area (Å²) < 4.78 is 0. The van der Waals surface area contributed by atoms with Crippen molar-refractivity contribution in [3.05, 3.63) is 0 Å². The van der Waals surface area contributed by atoms with Crippen LogP contribution in [0.25, 0.3) is 0 Å². The monoisotopic (exact) mass is 336 g/mol. The highest BCUT2D eigenvalue weighted by Gasteiger charge is 2.54. The van der Waals surface area contributed by atoms with Gasteiger partial charge in [-0.1, -0.05) is 25.7 Å². The number of amides is 2. The van der Waals surface area contributed by atoms with E-state index in [9.17, 15) is 9.59 Å². The lowest BCUT2D eigenvalue weighted by molar-refractivity contribution is -0.147. The first kappa shape index (κ1) is 15.8. The lowest BCUT2D eigenvalue weighted by atomic mass is 10.1. The minimum Gasteiger partial charge on any atom is -0.335 e. The molecular weight excluding hydrogens is 308 g/mol. The normalized spacial score (nSPS) is 35.3. The van der Waals surface area contributed by atoms with Gasteiger partial charge in [-0.25, -0.2) is 0 Å². The highest BCUT2D eigenvalue weighted by Crippen LogP contribution is 2.48. The van der Waals surface area contributed by atoms with E-state index in [0.717, 1.165) is 37.9 Å². The Morgan fingerprint density at radius 3 is 2.26 bits per heavy atom. The molecule has 0 spiro atoms. The molecule has 2 aliphatic heterocycles. The molecule has 128 valence electrons. The predicted octanol–water partition coefficient (Wildman–Crippen LogP) is 3.15. The van der Waals surface area contributed by atoms with Gasteiger partial charge in [-0.15, -0.1) is 11.8 Å². The second-order valence-electron chi connectivity index (χ2n) is 7.89. The summed E-state index contributed by atoms with van der Waals surface area (Å²) >= 11 is 1.82. The third-order valence-corrected chi connectivity index (χ3v) is 7.93. The SMILES string of the molecule is CC12CCC(=O)N1C(C(=O)N(C1CCCC1)C1CCCC1)CS2. The van der Waals surface area contributed by atoms with Gasteiger partial charge in [0, 0.05) is 24.3 Å². The number of fused-ring (bicyclic) bond motifs is 1. The summed E-state index contributed by atoms with van der Waals surface area (Å²) in [6, 6.07) is 0.654. The lowest BCUT2D eigenvalue weighted by Gasteiger charge is -2.39. The van der Waals surface area contributed by atoms with E-state index >= 15 is 0 Å². The van der Waals surface area contributed by atoms with Crippen molar-refractivity contribution in [3.63, 3.8) is 0 Å². The molecule has 0 radical (unpaired) electrons. The molecule has 4 rings (SSSR count). The summed E-state index contributed by atoms with van der Waals surface area (Å²) in [5.74, 6) is 1.24. The zero-order chi connectivity index (χ0) is 16.0. The lowest BCUT2D eigenvalue weighted by Crippen LogP contribution is -2.55. The minimum absolute atomic E-state index is 0.131. The van der Waals surface area contributed by atoms with Gasteiger partial charge in [0.2, 0.25) is 11.8 Å². The van der Waals surface area contributed by atoms with Crippen molar-refractivity contribution in [2.24, 2.45) is 0 Å². The Kier molecular flexibility index (Phi) is 4.11. The zero-order valence-electron chi connectivity index (χ0n) is 14.1. The minimum atomic E-state index is -0.207. The van der Waals surface area contributed by atoms with Gasteiger partial charge < -0.3 is 9.80 Å². The van der Waals surface area contributed by atoms with Gasteiger partial charge >= 0.3 is 0 Å². The number of carbonyl (C=O) groups is 2. The van der Waals surface area contributed by atoms with Crippen LogP contribution in [0.1, 0.15) is 71.1 Å². The molecule has 0 aromatic carbocycles. The van der Waals surface area contributed by atoms with Crippen LogP contribution in [0.5, 0.6) is 0 Å². The van der Waals surface area contributed by atoms with Gasteiger partial charge in [0.1, 0.15) is 6.04 Å². The Labute approximate surface area is 143 Å². The average molecular weight is 337 g/mol. The molecule has 2 saturated heterocycles. The molecule has 0 aromatic rings. The maximum Gasteiger partial charge on any atom is 0.246 e. The second kappa shape index (κ2) is 5.98. The molecule has 4 fully saturated rings. The molecule has 2 heterocycles. The maximum atomic E-state index is 13.5. The number of nitrogens with zero attached hydrogens (tertiary/aromatic N) is 2. The fraction of sp³-hybridized carbons (Fsp3) is 0.889. The van der Waals surface area contributed by atoms with E-state index in [1.807, 2.05) is 16.7 Å². The van der Waals surface area contributed by atoms with Gasteiger partial charge in [0.15, 0.2) is 0 Å². The fourth-order valence-electron chi connectivity index (χ4n) is 5.20. The van der Waals surface area contributed by atoms with Crippen molar-refractivity contribution in [1.82, 2.24) is 9.80 Å². The zero-order valence-corrected chi connectivity index (χ0v) is 14.9. The highest BCUT2D eigenvalue weighted by atomic mass is 32.2. The van der Waals surface area contributed by atoms with Crippen molar-refractivity contribution < 1.29 is 9.59 Å². The third-order valence-electron chi connectivity index (χ3n) is 6.42. The van der Waals surface area contributed by atoms with Crippen molar-refractivity contribution in [2.75, 3.05) is 5.75 Å². The van der Waals surface area contributed by atoms with Gasteiger partial charge in [-0.3, -0.25) is 9.59 Å². The molecule has 0 N–H and O–H groups in total. The van der Waals surface area contributed by atoms with Crippen LogP contribution in [0.15, 0.2) is 0 Å². The van der Waals surface area contributed by atoms with E-state index in [2.05, 4.69) is 11.8 Å². The Morgan fingerprint density at radius 1 is 1.13 bits per heavy atom. The Morgan fingerprint density at radius 2 is 1.70 bits per heavy atom. The number of hydrogen-bond donors (Lipinski definition) is 0. The van der Waals surface area contributed by atoms with Crippen LogP contribution >= 0.6 is 11.8 Å². The summed E-state index contributed by atoms with van der Waals surface area (Å²) in [6.07, 6.45) is 11.2. The average Bonchev–Trinajstić information content (AvgIpc) is 3.27. The molecule has 4 aliphatic rings. The van der Waals surface area contributed by atoms with Crippen LogP contribution in [0.3, 0.4) is 0 Å². The van der Waals surface area contributed by atoms with Crippen LogP contribution in [0.4, 0.5) is 0 Å². The van der Waals surface area contributed by atoms with E-state index in [1.165, 1.54) is 25.7 Å².